The summed E-state index contributed by atoms with van der Waals surface area (Å²) < 4.78 is 24.9. The highest BCUT2D eigenvalue weighted by Crippen LogP contribution is 2.33. The minimum atomic E-state index is -0.917. The molecule has 0 radical (unpaired) electrons. The fourth-order valence-corrected chi connectivity index (χ4v) is 3.96. The number of nitrogens with zero attached hydrogens (tertiary/aromatic N) is 2. The molecule has 0 bridgehead atoms. The van der Waals surface area contributed by atoms with Crippen molar-refractivity contribution in [1.82, 2.24) is 14.7 Å². The predicted molar refractivity (Wildman–Crippen MR) is 124 cm³/mol. The summed E-state index contributed by atoms with van der Waals surface area (Å²) in [6, 6.07) is 8.40. The number of aromatic nitrogens is 2. The number of amides is 2. The summed E-state index contributed by atoms with van der Waals surface area (Å²) in [6.07, 6.45) is 3.05. The lowest BCUT2D eigenvalue weighted by Gasteiger charge is -2.12. The highest BCUT2D eigenvalue weighted by molar-refractivity contribution is 7.06. The maximum Gasteiger partial charge on any atom is 0.254 e. The van der Waals surface area contributed by atoms with Gasteiger partial charge in [0.15, 0.2) is 5.78 Å². The van der Waals surface area contributed by atoms with E-state index in [1.165, 1.54) is 36.8 Å². The minimum Gasteiger partial charge on any atom is -0.484 e. The second-order valence-corrected chi connectivity index (χ2v) is 9.02. The molecule has 1 fully saturated rings. The fraction of sp³-hybridized carbons (Fsp3) is 0.292. The van der Waals surface area contributed by atoms with E-state index < -0.39 is 23.7 Å². The zero-order valence-corrected chi connectivity index (χ0v) is 19.4. The molecule has 10 heteroatoms. The SMILES string of the molecule is C[C@@H](NC(=O)c1ccc(-c2cc([C@@H](C)Oc3ccc(C(=O)C4CC4)nc3)sn2)cc1F)C(N)=O. The van der Waals surface area contributed by atoms with Gasteiger partial charge in [-0.15, -0.1) is 0 Å². The third-order valence-electron chi connectivity index (χ3n) is 5.46. The highest BCUT2D eigenvalue weighted by atomic mass is 32.1. The molecule has 0 saturated heterocycles. The van der Waals surface area contributed by atoms with E-state index in [0.717, 1.165) is 17.7 Å². The van der Waals surface area contributed by atoms with Crippen LogP contribution in [0.25, 0.3) is 11.3 Å². The van der Waals surface area contributed by atoms with Crippen LogP contribution in [0.2, 0.25) is 0 Å². The van der Waals surface area contributed by atoms with Gasteiger partial charge in [-0.1, -0.05) is 6.07 Å². The monoisotopic (exact) mass is 482 g/mol. The zero-order valence-electron chi connectivity index (χ0n) is 18.6. The number of benzene rings is 1. The number of primary amides is 1. The van der Waals surface area contributed by atoms with Crippen molar-refractivity contribution in [2.75, 3.05) is 0 Å². The molecule has 2 amide bonds. The van der Waals surface area contributed by atoms with Crippen molar-refractivity contribution in [1.29, 1.82) is 0 Å². The molecule has 3 aromatic rings. The maximum atomic E-state index is 14.6. The van der Waals surface area contributed by atoms with Gasteiger partial charge in [-0.25, -0.2) is 9.37 Å². The van der Waals surface area contributed by atoms with Gasteiger partial charge < -0.3 is 15.8 Å². The third kappa shape index (κ3) is 5.28. The second-order valence-electron chi connectivity index (χ2n) is 8.18. The van der Waals surface area contributed by atoms with Gasteiger partial charge in [-0.3, -0.25) is 14.4 Å². The van der Waals surface area contributed by atoms with Crippen molar-refractivity contribution in [3.63, 3.8) is 0 Å². The first-order valence-corrected chi connectivity index (χ1v) is 11.5. The standard InChI is InChI=1S/C24H23FN4O4S/c1-12(23(26)31)28-24(32)17-7-5-15(9-18(17)25)20-10-21(34-29-20)13(2)33-16-6-8-19(27-11-16)22(30)14-3-4-14/h5-14H,3-4H2,1-2H3,(H2,26,31)(H,28,32)/t12-,13-/m1/s1. The first-order valence-electron chi connectivity index (χ1n) is 10.8. The highest BCUT2D eigenvalue weighted by Gasteiger charge is 2.31. The smallest absolute Gasteiger partial charge is 0.254 e. The lowest BCUT2D eigenvalue weighted by Crippen LogP contribution is -2.42. The van der Waals surface area contributed by atoms with E-state index in [-0.39, 0.29) is 23.4 Å². The number of hydrogen-bond donors (Lipinski definition) is 2. The van der Waals surface area contributed by atoms with E-state index in [2.05, 4.69) is 14.7 Å². The molecule has 0 unspecified atom stereocenters. The number of halogens is 1. The molecule has 2 atom stereocenters. The summed E-state index contributed by atoms with van der Waals surface area (Å²) in [7, 11) is 0. The summed E-state index contributed by atoms with van der Waals surface area (Å²) in [4.78, 5) is 40.4. The van der Waals surface area contributed by atoms with Crippen LogP contribution in [0, 0.1) is 11.7 Å². The van der Waals surface area contributed by atoms with Crippen molar-refractivity contribution in [2.45, 2.75) is 38.8 Å². The number of Topliss-reactive ketones (excluding diaryl/α,β-unsaturated/α-hetero) is 1. The number of hydrogen-bond acceptors (Lipinski definition) is 7. The van der Waals surface area contributed by atoms with Crippen molar-refractivity contribution in [3.8, 4) is 17.0 Å². The molecule has 0 spiro atoms. The molecule has 8 nitrogen and oxygen atoms in total. The number of ether oxygens (including phenoxy) is 1. The number of pyridine rings is 1. The fourth-order valence-electron chi connectivity index (χ4n) is 3.23. The molecule has 2 aromatic heterocycles. The minimum absolute atomic E-state index is 0.0739. The average molecular weight is 483 g/mol. The summed E-state index contributed by atoms with van der Waals surface area (Å²) in [5.74, 6) is -1.46. The Hall–Kier alpha value is -3.66. The maximum absolute atomic E-state index is 14.6. The van der Waals surface area contributed by atoms with E-state index >= 15 is 0 Å². The average Bonchev–Trinajstić information content (AvgIpc) is 3.54. The molecule has 2 heterocycles. The van der Waals surface area contributed by atoms with E-state index in [4.69, 9.17) is 10.5 Å². The van der Waals surface area contributed by atoms with Crippen LogP contribution in [0.4, 0.5) is 4.39 Å². The van der Waals surface area contributed by atoms with Crippen LogP contribution in [0.15, 0.2) is 42.6 Å². The second kappa shape index (κ2) is 9.68. The molecule has 176 valence electrons. The van der Waals surface area contributed by atoms with Gasteiger partial charge in [0, 0.05) is 11.5 Å². The number of carbonyl (C=O) groups is 3. The summed E-state index contributed by atoms with van der Waals surface area (Å²) in [5, 5.41) is 2.35. The first-order chi connectivity index (χ1) is 16.2. The third-order valence-corrected chi connectivity index (χ3v) is 6.41. The molecule has 1 aromatic carbocycles. The van der Waals surface area contributed by atoms with Crippen molar-refractivity contribution < 1.29 is 23.5 Å². The molecule has 1 saturated carbocycles. The topological polar surface area (TPSA) is 124 Å². The Labute approximate surface area is 199 Å². The Morgan fingerprint density at radius 3 is 2.56 bits per heavy atom. The molecule has 0 aliphatic heterocycles. The number of rotatable bonds is 9. The summed E-state index contributed by atoms with van der Waals surface area (Å²) in [6.45, 7) is 3.28. The summed E-state index contributed by atoms with van der Waals surface area (Å²) >= 11 is 1.22. The lowest BCUT2D eigenvalue weighted by molar-refractivity contribution is -0.119. The normalized spacial score (nSPS) is 14.8. The van der Waals surface area contributed by atoms with Crippen molar-refractivity contribution in [3.05, 3.63) is 64.5 Å². The van der Waals surface area contributed by atoms with Crippen LogP contribution < -0.4 is 15.8 Å². The Morgan fingerprint density at radius 2 is 1.94 bits per heavy atom. The first kappa shape index (κ1) is 23.5. The lowest BCUT2D eigenvalue weighted by atomic mass is 10.1. The van der Waals surface area contributed by atoms with Gasteiger partial charge >= 0.3 is 0 Å². The van der Waals surface area contributed by atoms with Crippen LogP contribution in [0.1, 0.15) is 58.5 Å². The quantitative estimate of drug-likeness (QED) is 0.448. The number of ketones is 1. The van der Waals surface area contributed by atoms with E-state index in [1.54, 1.807) is 24.3 Å². The Balaban J connectivity index is 1.42. The number of carbonyl (C=O) groups excluding carboxylic acids is 3. The van der Waals surface area contributed by atoms with Crippen LogP contribution in [0.3, 0.4) is 0 Å². The van der Waals surface area contributed by atoms with Crippen LogP contribution in [-0.4, -0.2) is 33.0 Å². The van der Waals surface area contributed by atoms with Gasteiger partial charge in [0.05, 0.1) is 22.3 Å². The molecule has 3 N–H and O–H groups in total. The molecular formula is C24H23FN4O4S. The van der Waals surface area contributed by atoms with Gasteiger partial charge in [0.25, 0.3) is 5.91 Å². The Morgan fingerprint density at radius 1 is 1.18 bits per heavy atom. The number of nitrogens with one attached hydrogen (secondary N) is 1. The Bertz CT molecular complexity index is 1240. The zero-order chi connectivity index (χ0) is 24.4. The van der Waals surface area contributed by atoms with Crippen LogP contribution >= 0.6 is 11.5 Å². The van der Waals surface area contributed by atoms with Crippen LogP contribution in [-0.2, 0) is 4.79 Å². The molecular weight excluding hydrogens is 459 g/mol. The van der Waals surface area contributed by atoms with Crippen molar-refractivity contribution in [2.24, 2.45) is 11.7 Å². The van der Waals surface area contributed by atoms with Gasteiger partial charge in [-0.2, -0.15) is 4.37 Å². The van der Waals surface area contributed by atoms with Gasteiger partial charge in [0.2, 0.25) is 5.91 Å². The predicted octanol–water partition coefficient (Wildman–Crippen LogP) is 3.68. The molecule has 34 heavy (non-hydrogen) atoms. The molecule has 4 rings (SSSR count). The van der Waals surface area contributed by atoms with E-state index in [0.29, 0.717) is 22.7 Å². The van der Waals surface area contributed by atoms with E-state index in [9.17, 15) is 18.8 Å². The number of nitrogens with two attached hydrogens (primary N) is 1. The van der Waals surface area contributed by atoms with Gasteiger partial charge in [-0.05, 0) is 68.6 Å². The molecule has 1 aliphatic carbocycles. The largest absolute Gasteiger partial charge is 0.484 e. The van der Waals surface area contributed by atoms with Gasteiger partial charge in [0.1, 0.15) is 29.4 Å². The van der Waals surface area contributed by atoms with Crippen LogP contribution in [0.5, 0.6) is 5.75 Å². The molecule has 1 aliphatic rings. The van der Waals surface area contributed by atoms with Crippen molar-refractivity contribution >= 4 is 29.1 Å². The van der Waals surface area contributed by atoms with E-state index in [1.807, 2.05) is 6.92 Å². The Kier molecular flexibility index (Phi) is 6.69. The summed E-state index contributed by atoms with van der Waals surface area (Å²) in [5.41, 5.74) is 6.41.